The molecule has 1 atom stereocenters. The quantitative estimate of drug-likeness (QED) is 0.808. The summed E-state index contributed by atoms with van der Waals surface area (Å²) in [5.74, 6) is -0.0117. The van der Waals surface area contributed by atoms with Gasteiger partial charge in [0.2, 0.25) is 0 Å². The summed E-state index contributed by atoms with van der Waals surface area (Å²) < 4.78 is 0. The molecule has 2 heterocycles. The van der Waals surface area contributed by atoms with E-state index in [2.05, 4.69) is 10.3 Å². The van der Waals surface area contributed by atoms with Crippen LogP contribution in [0.1, 0.15) is 56.9 Å². The zero-order chi connectivity index (χ0) is 17.8. The minimum Gasteiger partial charge on any atom is -0.383 e. The summed E-state index contributed by atoms with van der Waals surface area (Å²) in [4.78, 5) is 31.1. The third-order valence-electron chi connectivity index (χ3n) is 5.57. The van der Waals surface area contributed by atoms with Crippen LogP contribution in [0.5, 0.6) is 0 Å². The summed E-state index contributed by atoms with van der Waals surface area (Å²) in [5.41, 5.74) is 6.99. The highest BCUT2D eigenvalue weighted by Gasteiger charge is 2.35. The van der Waals surface area contributed by atoms with Gasteiger partial charge in [-0.05, 0) is 56.6 Å². The number of aryl methyl sites for hydroxylation is 1. The lowest BCUT2D eigenvalue weighted by molar-refractivity contribution is -0.147. The fourth-order valence-electron chi connectivity index (χ4n) is 4.19. The molecular weight excluding hydrogens is 316 g/mol. The fourth-order valence-corrected chi connectivity index (χ4v) is 4.19. The van der Waals surface area contributed by atoms with Crippen LogP contribution in [-0.4, -0.2) is 34.3 Å². The molecule has 3 N–H and O–H groups in total. The van der Waals surface area contributed by atoms with Crippen LogP contribution in [-0.2, 0) is 9.59 Å². The smallest absolute Gasteiger partial charge is 0.313 e. The summed E-state index contributed by atoms with van der Waals surface area (Å²) in [5, 5.41) is 2.68. The number of nitrogens with one attached hydrogen (secondary N) is 1. The molecule has 0 unspecified atom stereocenters. The van der Waals surface area contributed by atoms with Gasteiger partial charge in [-0.1, -0.05) is 19.3 Å². The maximum absolute atomic E-state index is 12.8. The van der Waals surface area contributed by atoms with E-state index >= 15 is 0 Å². The number of likely N-dealkylation sites (tertiary alicyclic amines) is 1. The van der Waals surface area contributed by atoms with Crippen LogP contribution in [0.4, 0.5) is 11.5 Å². The number of carbonyl (C=O) groups is 2. The van der Waals surface area contributed by atoms with E-state index in [1.54, 1.807) is 6.07 Å². The highest BCUT2D eigenvalue weighted by molar-refractivity contribution is 6.39. The second-order valence-corrected chi connectivity index (χ2v) is 7.34. The van der Waals surface area contributed by atoms with E-state index in [0.717, 1.165) is 24.8 Å². The Morgan fingerprint density at radius 3 is 2.60 bits per heavy atom. The van der Waals surface area contributed by atoms with E-state index in [1.807, 2.05) is 11.8 Å². The van der Waals surface area contributed by atoms with Crippen molar-refractivity contribution in [2.24, 2.45) is 5.92 Å². The van der Waals surface area contributed by atoms with E-state index in [1.165, 1.54) is 38.3 Å². The van der Waals surface area contributed by atoms with Gasteiger partial charge < -0.3 is 16.0 Å². The molecule has 1 aromatic heterocycles. The summed E-state index contributed by atoms with van der Waals surface area (Å²) in [6.07, 6.45) is 10.8. The molecule has 25 heavy (non-hydrogen) atoms. The Morgan fingerprint density at radius 1 is 1.16 bits per heavy atom. The number of pyridine rings is 1. The number of anilines is 2. The first-order chi connectivity index (χ1) is 12.1. The number of nitrogen functional groups attached to an aromatic ring is 1. The maximum Gasteiger partial charge on any atom is 0.313 e. The molecule has 136 valence electrons. The normalized spacial score (nSPS) is 21.8. The Hall–Kier alpha value is -2.11. The summed E-state index contributed by atoms with van der Waals surface area (Å²) >= 11 is 0. The van der Waals surface area contributed by atoms with Gasteiger partial charge in [0.05, 0.1) is 11.9 Å². The van der Waals surface area contributed by atoms with Crippen LogP contribution < -0.4 is 11.1 Å². The van der Waals surface area contributed by atoms with Crippen molar-refractivity contribution < 1.29 is 9.59 Å². The zero-order valence-corrected chi connectivity index (χ0v) is 15.0. The lowest BCUT2D eigenvalue weighted by Gasteiger charge is -2.41. The largest absolute Gasteiger partial charge is 0.383 e. The minimum absolute atomic E-state index is 0.221. The van der Waals surface area contributed by atoms with Crippen molar-refractivity contribution in [3.05, 3.63) is 17.8 Å². The van der Waals surface area contributed by atoms with Crippen LogP contribution in [0, 0.1) is 12.8 Å². The Labute approximate surface area is 149 Å². The molecular formula is C19H28N4O2. The molecule has 0 bridgehead atoms. The van der Waals surface area contributed by atoms with Crippen molar-refractivity contribution >= 4 is 23.3 Å². The highest BCUT2D eigenvalue weighted by atomic mass is 16.2. The van der Waals surface area contributed by atoms with Gasteiger partial charge in [-0.15, -0.1) is 0 Å². The number of nitrogens with zero attached hydrogens (tertiary/aromatic N) is 2. The molecule has 0 spiro atoms. The molecule has 2 aliphatic rings. The van der Waals surface area contributed by atoms with E-state index < -0.39 is 11.8 Å². The van der Waals surface area contributed by atoms with Crippen molar-refractivity contribution in [1.82, 2.24) is 9.88 Å². The third-order valence-corrected chi connectivity index (χ3v) is 5.57. The lowest BCUT2D eigenvalue weighted by Crippen LogP contribution is -2.51. The van der Waals surface area contributed by atoms with Gasteiger partial charge in [-0.2, -0.15) is 0 Å². The van der Waals surface area contributed by atoms with E-state index in [-0.39, 0.29) is 6.04 Å². The Balaban J connectivity index is 1.68. The lowest BCUT2D eigenvalue weighted by atomic mass is 9.80. The molecule has 6 nitrogen and oxygen atoms in total. The molecule has 0 radical (unpaired) electrons. The van der Waals surface area contributed by atoms with Crippen molar-refractivity contribution in [2.45, 2.75) is 64.3 Å². The van der Waals surface area contributed by atoms with Gasteiger partial charge in [-0.3, -0.25) is 9.59 Å². The Morgan fingerprint density at radius 2 is 1.88 bits per heavy atom. The van der Waals surface area contributed by atoms with Gasteiger partial charge in [-0.25, -0.2) is 4.98 Å². The SMILES string of the molecule is Cc1cc(NC(=O)C(=O)N2CCCC[C@@H]2C2CCCCC2)cnc1N. The third kappa shape index (κ3) is 4.11. The number of aromatic nitrogens is 1. The molecule has 2 amide bonds. The first kappa shape index (κ1) is 17.7. The highest BCUT2D eigenvalue weighted by Crippen LogP contribution is 2.33. The van der Waals surface area contributed by atoms with Gasteiger partial charge in [0.15, 0.2) is 0 Å². The average molecular weight is 344 g/mol. The second-order valence-electron chi connectivity index (χ2n) is 7.34. The first-order valence-corrected chi connectivity index (χ1v) is 9.40. The van der Waals surface area contributed by atoms with Crippen molar-refractivity contribution in [1.29, 1.82) is 0 Å². The predicted molar refractivity (Wildman–Crippen MR) is 97.9 cm³/mol. The molecule has 1 saturated heterocycles. The van der Waals surface area contributed by atoms with E-state index in [9.17, 15) is 9.59 Å². The van der Waals surface area contributed by atoms with Crippen LogP contribution in [0.25, 0.3) is 0 Å². The fraction of sp³-hybridized carbons (Fsp3) is 0.632. The van der Waals surface area contributed by atoms with Gasteiger partial charge in [0.25, 0.3) is 0 Å². The van der Waals surface area contributed by atoms with Crippen molar-refractivity contribution in [3.8, 4) is 0 Å². The second kappa shape index (κ2) is 7.85. The molecule has 1 aromatic rings. The number of hydrogen-bond acceptors (Lipinski definition) is 4. The summed E-state index contributed by atoms with van der Waals surface area (Å²) in [6.45, 7) is 2.51. The molecule has 2 fully saturated rings. The molecule has 1 aliphatic carbocycles. The van der Waals surface area contributed by atoms with Crippen LogP contribution in [0.3, 0.4) is 0 Å². The van der Waals surface area contributed by atoms with Gasteiger partial charge in [0, 0.05) is 12.6 Å². The van der Waals surface area contributed by atoms with Crippen LogP contribution >= 0.6 is 0 Å². The number of rotatable bonds is 2. The topological polar surface area (TPSA) is 88.3 Å². The number of hydrogen-bond donors (Lipinski definition) is 2. The molecule has 0 aromatic carbocycles. The maximum atomic E-state index is 12.8. The first-order valence-electron chi connectivity index (χ1n) is 9.40. The number of nitrogens with two attached hydrogens (primary N) is 1. The number of amides is 2. The molecule has 1 saturated carbocycles. The van der Waals surface area contributed by atoms with Gasteiger partial charge >= 0.3 is 11.8 Å². The standard InChI is InChI=1S/C19H28N4O2/c1-13-11-15(12-21-17(13)20)22-18(24)19(25)23-10-6-5-9-16(23)14-7-3-2-4-8-14/h11-12,14,16H,2-10H2,1H3,(H2,20,21)(H,22,24)/t16-/m1/s1. The monoisotopic (exact) mass is 344 g/mol. The van der Waals surface area contributed by atoms with E-state index in [0.29, 0.717) is 24.0 Å². The Bertz CT molecular complexity index is 640. The number of carbonyl (C=O) groups excluding carboxylic acids is 2. The summed E-state index contributed by atoms with van der Waals surface area (Å²) in [7, 11) is 0. The average Bonchev–Trinajstić information content (AvgIpc) is 2.65. The van der Waals surface area contributed by atoms with Crippen LogP contribution in [0.15, 0.2) is 12.3 Å². The molecule has 3 rings (SSSR count). The minimum atomic E-state index is -0.575. The van der Waals surface area contributed by atoms with Crippen molar-refractivity contribution in [3.63, 3.8) is 0 Å². The van der Waals surface area contributed by atoms with Gasteiger partial charge in [0.1, 0.15) is 5.82 Å². The van der Waals surface area contributed by atoms with E-state index in [4.69, 9.17) is 5.73 Å². The zero-order valence-electron chi connectivity index (χ0n) is 15.0. The van der Waals surface area contributed by atoms with Crippen molar-refractivity contribution in [2.75, 3.05) is 17.6 Å². The Kier molecular flexibility index (Phi) is 5.56. The molecule has 6 heteroatoms. The summed E-state index contributed by atoms with van der Waals surface area (Å²) in [6, 6.07) is 1.96. The molecule has 1 aliphatic heterocycles. The van der Waals surface area contributed by atoms with Crippen LogP contribution in [0.2, 0.25) is 0 Å². The number of piperidine rings is 1. The predicted octanol–water partition coefficient (Wildman–Crippen LogP) is 2.87.